The van der Waals surface area contributed by atoms with E-state index in [-0.39, 0.29) is 35.4 Å². The Labute approximate surface area is 199 Å². The second-order valence-electron chi connectivity index (χ2n) is 8.09. The molecule has 0 spiro atoms. The van der Waals surface area contributed by atoms with Crippen LogP contribution in [0.3, 0.4) is 0 Å². The van der Waals surface area contributed by atoms with Gasteiger partial charge in [-0.1, -0.05) is 25.1 Å². The molecule has 0 radical (unpaired) electrons. The second kappa shape index (κ2) is 9.25. The molecule has 184 valence electrons. The number of hydrogen-bond donors (Lipinski definition) is 1. The van der Waals surface area contributed by atoms with Crippen LogP contribution in [-0.4, -0.2) is 52.3 Å². The van der Waals surface area contributed by atoms with Gasteiger partial charge in [0.15, 0.2) is 0 Å². The van der Waals surface area contributed by atoms with Crippen LogP contribution in [0.4, 0.5) is 13.2 Å². The zero-order valence-corrected chi connectivity index (χ0v) is 19.4. The lowest BCUT2D eigenvalue weighted by Gasteiger charge is -2.29. The summed E-state index contributed by atoms with van der Waals surface area (Å²) in [4.78, 5) is 37.6. The maximum Gasteiger partial charge on any atom is 0.417 e. The third-order valence-corrected chi connectivity index (χ3v) is 7.41. The van der Waals surface area contributed by atoms with Crippen molar-refractivity contribution < 1.29 is 31.2 Å². The second-order valence-corrected chi connectivity index (χ2v) is 10.1. The molecule has 3 heterocycles. The van der Waals surface area contributed by atoms with E-state index in [4.69, 9.17) is 0 Å². The molecule has 1 N–H and O–H groups in total. The molecular formula is C23H21F3N4O4S. The number of nitrogens with one attached hydrogen (secondary N) is 1. The number of ketones is 1. The van der Waals surface area contributed by atoms with Crippen molar-refractivity contribution in [2.24, 2.45) is 0 Å². The van der Waals surface area contributed by atoms with Crippen molar-refractivity contribution in [3.05, 3.63) is 76.4 Å². The Bertz CT molecular complexity index is 1380. The number of benzene rings is 1. The molecule has 2 aromatic heterocycles. The summed E-state index contributed by atoms with van der Waals surface area (Å²) in [5, 5.41) is -0.253. The highest BCUT2D eigenvalue weighted by atomic mass is 32.2. The van der Waals surface area contributed by atoms with Crippen LogP contribution in [0.25, 0.3) is 0 Å². The number of nitrogens with zero attached hydrogens (tertiary/aromatic N) is 3. The van der Waals surface area contributed by atoms with Crippen LogP contribution in [0.2, 0.25) is 0 Å². The summed E-state index contributed by atoms with van der Waals surface area (Å²) in [6.07, 6.45) is -1.92. The quantitative estimate of drug-likeness (QED) is 0.513. The van der Waals surface area contributed by atoms with Crippen LogP contribution in [0.1, 0.15) is 56.6 Å². The van der Waals surface area contributed by atoms with E-state index < -0.39 is 33.3 Å². The Morgan fingerprint density at radius 1 is 1.14 bits per heavy atom. The van der Waals surface area contributed by atoms with Gasteiger partial charge >= 0.3 is 6.18 Å². The van der Waals surface area contributed by atoms with E-state index in [2.05, 4.69) is 15.0 Å². The van der Waals surface area contributed by atoms with Crippen molar-refractivity contribution in [2.75, 3.05) is 12.3 Å². The number of halogens is 3. The van der Waals surface area contributed by atoms with Gasteiger partial charge in [0, 0.05) is 31.0 Å². The third-order valence-electron chi connectivity index (χ3n) is 5.66. The molecule has 0 bridgehead atoms. The van der Waals surface area contributed by atoms with E-state index in [1.165, 1.54) is 11.1 Å². The van der Waals surface area contributed by atoms with Crippen molar-refractivity contribution in [1.82, 2.24) is 19.9 Å². The van der Waals surface area contributed by atoms with Gasteiger partial charge in [0.2, 0.25) is 20.8 Å². The molecule has 1 aliphatic rings. The number of hydrogen-bond acceptors (Lipinski definition) is 6. The van der Waals surface area contributed by atoms with Gasteiger partial charge in [0.1, 0.15) is 11.4 Å². The highest BCUT2D eigenvalue weighted by Gasteiger charge is 2.32. The van der Waals surface area contributed by atoms with Gasteiger partial charge in [-0.2, -0.15) is 13.2 Å². The van der Waals surface area contributed by atoms with Crippen molar-refractivity contribution >= 4 is 21.5 Å². The summed E-state index contributed by atoms with van der Waals surface area (Å²) in [5.41, 5.74) is 0.636. The standard InChI is InChI=1S/C23H21F3N4O4S/c1-2-10-35(33,34)22-28-12-19(29-22)21(32)30-9-8-16-14(13-30)4-3-5-17(16)20(31)18-7-6-15(11-27-18)23(24,25)26/h3-7,11-12H,2,8-10,13H2,1H3,(H,28,29). The molecule has 1 aliphatic heterocycles. The van der Waals surface area contributed by atoms with Gasteiger partial charge in [0.05, 0.1) is 11.3 Å². The first-order valence-corrected chi connectivity index (χ1v) is 12.4. The number of imidazole rings is 1. The highest BCUT2D eigenvalue weighted by molar-refractivity contribution is 7.91. The lowest BCUT2D eigenvalue weighted by molar-refractivity contribution is -0.137. The van der Waals surface area contributed by atoms with E-state index >= 15 is 0 Å². The molecule has 8 nitrogen and oxygen atoms in total. The summed E-state index contributed by atoms with van der Waals surface area (Å²) in [6, 6.07) is 6.83. The summed E-state index contributed by atoms with van der Waals surface area (Å²) in [6.45, 7) is 2.14. The molecule has 0 aliphatic carbocycles. The molecule has 0 saturated heterocycles. The number of rotatable bonds is 6. The molecule has 4 rings (SSSR count). The molecule has 0 unspecified atom stereocenters. The first-order valence-electron chi connectivity index (χ1n) is 10.8. The average molecular weight is 507 g/mol. The van der Waals surface area contributed by atoms with E-state index in [9.17, 15) is 31.2 Å². The Morgan fingerprint density at radius 2 is 1.91 bits per heavy atom. The minimum Gasteiger partial charge on any atom is -0.335 e. The first kappa shape index (κ1) is 24.6. The molecule has 0 saturated carbocycles. The predicted octanol–water partition coefficient (Wildman–Crippen LogP) is 3.44. The van der Waals surface area contributed by atoms with Crippen molar-refractivity contribution in [3.8, 4) is 0 Å². The van der Waals surface area contributed by atoms with Gasteiger partial charge in [-0.25, -0.2) is 13.4 Å². The van der Waals surface area contributed by atoms with Gasteiger partial charge in [-0.05, 0) is 36.1 Å². The fourth-order valence-electron chi connectivity index (χ4n) is 3.93. The Balaban J connectivity index is 1.54. The summed E-state index contributed by atoms with van der Waals surface area (Å²) in [5.74, 6) is -1.05. The predicted molar refractivity (Wildman–Crippen MR) is 118 cm³/mol. The van der Waals surface area contributed by atoms with Crippen molar-refractivity contribution in [2.45, 2.75) is 37.6 Å². The number of H-pyrrole nitrogens is 1. The van der Waals surface area contributed by atoms with Crippen LogP contribution in [0, 0.1) is 0 Å². The summed E-state index contributed by atoms with van der Waals surface area (Å²) in [7, 11) is -3.60. The number of alkyl halides is 3. The Hall–Kier alpha value is -3.54. The summed E-state index contributed by atoms with van der Waals surface area (Å²) < 4.78 is 62.7. The van der Waals surface area contributed by atoms with E-state index in [0.717, 1.165) is 12.1 Å². The monoisotopic (exact) mass is 506 g/mol. The minimum atomic E-state index is -4.55. The largest absolute Gasteiger partial charge is 0.417 e. The normalized spacial score (nSPS) is 14.0. The number of amides is 1. The van der Waals surface area contributed by atoms with E-state index in [1.807, 2.05) is 0 Å². The summed E-state index contributed by atoms with van der Waals surface area (Å²) >= 11 is 0. The zero-order valence-electron chi connectivity index (χ0n) is 18.6. The van der Waals surface area contributed by atoms with Gasteiger partial charge in [-0.15, -0.1) is 0 Å². The van der Waals surface area contributed by atoms with E-state index in [1.54, 1.807) is 25.1 Å². The lowest BCUT2D eigenvalue weighted by atomic mass is 9.91. The van der Waals surface area contributed by atoms with Crippen LogP contribution in [0.5, 0.6) is 0 Å². The minimum absolute atomic E-state index is 0.0238. The molecular weight excluding hydrogens is 485 g/mol. The number of carbonyl (C=O) groups excluding carboxylic acids is 2. The molecule has 1 aromatic carbocycles. The Morgan fingerprint density at radius 3 is 2.57 bits per heavy atom. The van der Waals surface area contributed by atoms with E-state index in [0.29, 0.717) is 35.7 Å². The maximum absolute atomic E-state index is 13.0. The SMILES string of the molecule is CCCS(=O)(=O)c1nc(C(=O)N2CCc3c(cccc3C(=O)c3ccc(C(F)(F)F)cn3)C2)c[nH]1. The van der Waals surface area contributed by atoms with Gasteiger partial charge in [0.25, 0.3) is 5.91 Å². The number of pyridine rings is 1. The molecule has 35 heavy (non-hydrogen) atoms. The molecule has 3 aromatic rings. The first-order chi connectivity index (χ1) is 16.5. The zero-order chi connectivity index (χ0) is 25.4. The number of aromatic amines is 1. The number of sulfone groups is 1. The van der Waals surface area contributed by atoms with Crippen LogP contribution in [0.15, 0.2) is 47.9 Å². The average Bonchev–Trinajstić information content (AvgIpc) is 3.33. The number of carbonyl (C=O) groups is 2. The molecule has 1 amide bonds. The van der Waals surface area contributed by atoms with Crippen LogP contribution in [-0.2, 0) is 29.0 Å². The number of fused-ring (bicyclic) bond motifs is 1. The fraction of sp³-hybridized carbons (Fsp3) is 0.304. The van der Waals surface area contributed by atoms with Crippen molar-refractivity contribution in [3.63, 3.8) is 0 Å². The van der Waals surface area contributed by atoms with Crippen LogP contribution < -0.4 is 0 Å². The number of aromatic nitrogens is 3. The Kier molecular flexibility index (Phi) is 6.50. The van der Waals surface area contributed by atoms with Gasteiger partial charge in [-0.3, -0.25) is 14.6 Å². The smallest absolute Gasteiger partial charge is 0.335 e. The lowest BCUT2D eigenvalue weighted by Crippen LogP contribution is -2.36. The topological polar surface area (TPSA) is 113 Å². The third kappa shape index (κ3) is 4.97. The molecule has 12 heteroatoms. The highest BCUT2D eigenvalue weighted by Crippen LogP contribution is 2.29. The maximum atomic E-state index is 13.0. The fourth-order valence-corrected chi connectivity index (χ4v) is 5.14. The van der Waals surface area contributed by atoms with Crippen molar-refractivity contribution in [1.29, 1.82) is 0 Å². The molecule has 0 fully saturated rings. The molecule has 0 atom stereocenters. The van der Waals surface area contributed by atoms with Crippen LogP contribution >= 0.6 is 0 Å². The van der Waals surface area contributed by atoms with Gasteiger partial charge < -0.3 is 9.88 Å².